The van der Waals surface area contributed by atoms with Gasteiger partial charge < -0.3 is 9.64 Å². The molecule has 6 heteroatoms. The van der Waals surface area contributed by atoms with Crippen molar-refractivity contribution in [1.29, 1.82) is 0 Å². The average molecular weight is 428 g/mol. The van der Waals surface area contributed by atoms with E-state index in [9.17, 15) is 14.0 Å². The van der Waals surface area contributed by atoms with Crippen LogP contribution in [0.15, 0.2) is 78.9 Å². The zero-order chi connectivity index (χ0) is 22.0. The summed E-state index contributed by atoms with van der Waals surface area (Å²) in [6.07, 6.45) is 0. The van der Waals surface area contributed by atoms with Crippen molar-refractivity contribution in [2.24, 2.45) is 5.92 Å². The fraction of sp³-hybridized carbons (Fsp3) is 0.231. The molecule has 3 aromatic carbocycles. The molecule has 0 radical (unpaired) electrons. The molecule has 160 valence electrons. The van der Waals surface area contributed by atoms with Gasteiger partial charge in [0.1, 0.15) is 17.1 Å². The van der Waals surface area contributed by atoms with Gasteiger partial charge in [-0.25, -0.2) is 14.1 Å². The van der Waals surface area contributed by atoms with Crippen molar-refractivity contribution in [3.63, 3.8) is 0 Å². The standard InChI is InChI=1S/C26H21FN2O3/c1-26-22(16-8-3-2-4-9-16)20-15-32-21-13-6-5-12-19(21)23(20)29(26)25(31)28(24(26)30)18-11-7-10-17(27)14-18/h2-14,20,22-23H,15H2,1H3/t20?,22?,23?,26-/m0/s1. The van der Waals surface area contributed by atoms with Crippen LogP contribution in [-0.4, -0.2) is 29.0 Å². The Morgan fingerprint density at radius 2 is 1.72 bits per heavy atom. The normalized spacial score (nSPS) is 28.2. The van der Waals surface area contributed by atoms with Crippen molar-refractivity contribution >= 4 is 17.6 Å². The van der Waals surface area contributed by atoms with Crippen LogP contribution >= 0.6 is 0 Å². The van der Waals surface area contributed by atoms with E-state index >= 15 is 0 Å². The molecular formula is C26H21FN2O3. The molecule has 32 heavy (non-hydrogen) atoms. The van der Waals surface area contributed by atoms with Crippen LogP contribution in [0.1, 0.15) is 30.0 Å². The Labute approximate surface area is 185 Å². The highest BCUT2D eigenvalue weighted by atomic mass is 19.1. The van der Waals surface area contributed by atoms with E-state index in [0.29, 0.717) is 6.61 Å². The van der Waals surface area contributed by atoms with Crippen LogP contribution in [-0.2, 0) is 4.79 Å². The first kappa shape index (κ1) is 19.0. The van der Waals surface area contributed by atoms with Crippen LogP contribution in [0, 0.1) is 11.7 Å². The molecule has 0 spiro atoms. The topological polar surface area (TPSA) is 49.9 Å². The van der Waals surface area contributed by atoms with Gasteiger partial charge in [0, 0.05) is 17.4 Å². The van der Waals surface area contributed by atoms with Gasteiger partial charge in [-0.3, -0.25) is 4.79 Å². The summed E-state index contributed by atoms with van der Waals surface area (Å²) in [7, 11) is 0. The molecule has 3 aromatic rings. The van der Waals surface area contributed by atoms with Crippen molar-refractivity contribution in [3.05, 3.63) is 95.8 Å². The summed E-state index contributed by atoms with van der Waals surface area (Å²) in [5.41, 5.74) is 1.01. The summed E-state index contributed by atoms with van der Waals surface area (Å²) in [6, 6.07) is 22.4. The number of fused-ring (bicyclic) bond motifs is 5. The molecule has 3 aliphatic heterocycles. The minimum absolute atomic E-state index is 0.0835. The van der Waals surface area contributed by atoms with Crippen LogP contribution < -0.4 is 9.64 Å². The number of anilines is 1. The van der Waals surface area contributed by atoms with Crippen molar-refractivity contribution in [3.8, 4) is 5.75 Å². The van der Waals surface area contributed by atoms with Gasteiger partial charge in [0.15, 0.2) is 0 Å². The first-order valence-corrected chi connectivity index (χ1v) is 10.7. The molecule has 3 aliphatic rings. The molecule has 3 amide bonds. The summed E-state index contributed by atoms with van der Waals surface area (Å²) >= 11 is 0. The quantitative estimate of drug-likeness (QED) is 0.546. The van der Waals surface area contributed by atoms with Gasteiger partial charge in [-0.15, -0.1) is 0 Å². The number of halogens is 1. The Hall–Kier alpha value is -3.67. The lowest BCUT2D eigenvalue weighted by atomic mass is 9.73. The number of amides is 3. The molecule has 0 aromatic heterocycles. The van der Waals surface area contributed by atoms with Gasteiger partial charge in [0.2, 0.25) is 0 Å². The van der Waals surface area contributed by atoms with Crippen molar-refractivity contribution in [1.82, 2.24) is 4.90 Å². The Morgan fingerprint density at radius 1 is 0.969 bits per heavy atom. The number of nitrogens with zero attached hydrogens (tertiary/aromatic N) is 2. The van der Waals surface area contributed by atoms with E-state index in [1.54, 1.807) is 11.0 Å². The van der Waals surface area contributed by atoms with E-state index in [4.69, 9.17) is 4.74 Å². The van der Waals surface area contributed by atoms with Crippen molar-refractivity contribution in [2.45, 2.75) is 24.4 Å². The summed E-state index contributed by atoms with van der Waals surface area (Å²) in [5, 5.41) is 0. The zero-order valence-electron chi connectivity index (χ0n) is 17.4. The van der Waals surface area contributed by atoms with Gasteiger partial charge in [-0.05, 0) is 36.8 Å². The van der Waals surface area contributed by atoms with Crippen LogP contribution in [0.5, 0.6) is 5.75 Å². The monoisotopic (exact) mass is 428 g/mol. The highest BCUT2D eigenvalue weighted by Crippen LogP contribution is 2.61. The van der Waals surface area contributed by atoms with Crippen molar-refractivity contribution < 1.29 is 18.7 Å². The fourth-order valence-corrected chi connectivity index (χ4v) is 5.88. The lowest BCUT2D eigenvalue weighted by Crippen LogP contribution is -2.46. The van der Waals surface area contributed by atoms with Gasteiger partial charge in [-0.1, -0.05) is 54.6 Å². The van der Waals surface area contributed by atoms with E-state index < -0.39 is 17.4 Å². The third-order valence-corrected chi connectivity index (χ3v) is 7.15. The van der Waals surface area contributed by atoms with E-state index in [2.05, 4.69) is 0 Å². The smallest absolute Gasteiger partial charge is 0.332 e. The zero-order valence-corrected chi connectivity index (χ0v) is 17.4. The average Bonchev–Trinajstić information content (AvgIpc) is 3.19. The summed E-state index contributed by atoms with van der Waals surface area (Å²) in [5.74, 6) is -0.450. The molecule has 2 fully saturated rings. The number of rotatable bonds is 2. The van der Waals surface area contributed by atoms with Gasteiger partial charge >= 0.3 is 6.03 Å². The molecule has 0 bridgehead atoms. The predicted octanol–water partition coefficient (Wildman–Crippen LogP) is 4.90. The first-order chi connectivity index (χ1) is 15.5. The Balaban J connectivity index is 1.57. The van der Waals surface area contributed by atoms with E-state index in [-0.39, 0.29) is 29.5 Å². The number of carbonyl (C=O) groups is 2. The van der Waals surface area contributed by atoms with Gasteiger partial charge in [0.25, 0.3) is 5.91 Å². The molecule has 0 aliphatic carbocycles. The molecule has 0 N–H and O–H groups in total. The molecule has 4 atom stereocenters. The number of carbonyl (C=O) groups excluding carboxylic acids is 2. The predicted molar refractivity (Wildman–Crippen MR) is 117 cm³/mol. The number of benzene rings is 3. The van der Waals surface area contributed by atoms with Crippen LogP contribution in [0.3, 0.4) is 0 Å². The number of urea groups is 1. The second-order valence-corrected chi connectivity index (χ2v) is 8.77. The van der Waals surface area contributed by atoms with Gasteiger partial charge in [0.05, 0.1) is 18.3 Å². The molecule has 2 saturated heterocycles. The van der Waals surface area contributed by atoms with Crippen molar-refractivity contribution in [2.75, 3.05) is 11.5 Å². The van der Waals surface area contributed by atoms with E-state index in [1.165, 1.54) is 18.2 Å². The summed E-state index contributed by atoms with van der Waals surface area (Å²) < 4.78 is 20.1. The van der Waals surface area contributed by atoms with Crippen LogP contribution in [0.25, 0.3) is 0 Å². The maximum atomic E-state index is 14.0. The molecule has 6 rings (SSSR count). The Bertz CT molecular complexity index is 1250. The number of para-hydroxylation sites is 1. The molecule has 0 saturated carbocycles. The van der Waals surface area contributed by atoms with E-state index in [0.717, 1.165) is 21.8 Å². The van der Waals surface area contributed by atoms with Crippen LogP contribution in [0.2, 0.25) is 0 Å². The Kier molecular flexibility index (Phi) is 3.97. The second-order valence-electron chi connectivity index (χ2n) is 8.77. The largest absolute Gasteiger partial charge is 0.493 e. The number of hydrogen-bond donors (Lipinski definition) is 0. The lowest BCUT2D eigenvalue weighted by molar-refractivity contribution is -0.124. The molecule has 5 nitrogen and oxygen atoms in total. The SMILES string of the molecule is C[C@]12C(=O)N(c3cccc(F)c3)C(=O)N1C1c3ccccc3OCC1C2c1ccccc1. The third kappa shape index (κ3) is 2.38. The number of ether oxygens (including phenoxy) is 1. The molecule has 3 heterocycles. The lowest BCUT2D eigenvalue weighted by Gasteiger charge is -2.34. The third-order valence-electron chi connectivity index (χ3n) is 7.15. The van der Waals surface area contributed by atoms with E-state index in [1.807, 2.05) is 61.5 Å². The van der Waals surface area contributed by atoms with Crippen LogP contribution in [0.4, 0.5) is 14.9 Å². The minimum atomic E-state index is -1.12. The summed E-state index contributed by atoms with van der Waals surface area (Å²) in [4.78, 5) is 30.6. The summed E-state index contributed by atoms with van der Waals surface area (Å²) in [6.45, 7) is 2.25. The number of imide groups is 1. The maximum Gasteiger partial charge on any atom is 0.332 e. The van der Waals surface area contributed by atoms with Gasteiger partial charge in [-0.2, -0.15) is 0 Å². The Morgan fingerprint density at radius 3 is 2.50 bits per heavy atom. The fourth-order valence-electron chi connectivity index (χ4n) is 5.88. The first-order valence-electron chi connectivity index (χ1n) is 10.7. The molecule has 3 unspecified atom stereocenters. The minimum Gasteiger partial charge on any atom is -0.493 e. The number of hydrogen-bond acceptors (Lipinski definition) is 3. The maximum absolute atomic E-state index is 14.0. The highest BCUT2D eigenvalue weighted by Gasteiger charge is 2.70. The highest BCUT2D eigenvalue weighted by molar-refractivity contribution is 6.24. The molecular weight excluding hydrogens is 407 g/mol. The second kappa shape index (κ2) is 6.66.